The van der Waals surface area contributed by atoms with Gasteiger partial charge in [-0.3, -0.25) is 9.10 Å². The van der Waals surface area contributed by atoms with Crippen molar-refractivity contribution in [2.75, 3.05) is 18.0 Å². The van der Waals surface area contributed by atoms with Crippen LogP contribution in [0.5, 0.6) is 5.75 Å². The summed E-state index contributed by atoms with van der Waals surface area (Å²) in [5.74, 6) is 0.480. The van der Waals surface area contributed by atoms with Crippen LogP contribution in [0.3, 0.4) is 0 Å². The van der Waals surface area contributed by atoms with Crippen molar-refractivity contribution in [3.8, 4) is 5.75 Å². The molecule has 8 heteroatoms. The molecule has 1 atom stereocenters. The fourth-order valence-corrected chi connectivity index (χ4v) is 5.91. The normalized spacial score (nSPS) is 12.3. The molecule has 1 amide bonds. The number of amides is 1. The first-order valence-corrected chi connectivity index (χ1v) is 13.6. The number of anilines is 1. The molecule has 0 unspecified atom stereocenters. The van der Waals surface area contributed by atoms with E-state index in [9.17, 15) is 13.2 Å². The lowest BCUT2D eigenvalue weighted by atomic mass is 9.97. The highest BCUT2D eigenvalue weighted by Crippen LogP contribution is 2.31. The highest BCUT2D eigenvalue weighted by atomic mass is 79.9. The molecule has 0 saturated heterocycles. The maximum absolute atomic E-state index is 13.7. The molecule has 0 saturated carbocycles. The molecule has 0 radical (unpaired) electrons. The molecule has 0 heterocycles. The van der Waals surface area contributed by atoms with E-state index < -0.39 is 10.0 Å². The molecule has 186 valence electrons. The molecule has 0 spiro atoms. The number of benzene rings is 3. The Bertz CT molecular complexity index is 1250. The largest absolute Gasteiger partial charge is 0.496 e. The van der Waals surface area contributed by atoms with Crippen molar-refractivity contribution in [1.29, 1.82) is 0 Å². The minimum Gasteiger partial charge on any atom is -0.496 e. The molecule has 0 aromatic heterocycles. The standard InChI is InChI=1S/C27H31BrN2O4S/c1-19(2)16-25(21-8-6-5-7-9-21)29-27(31)18-30(22-12-10-20(3)11-13-22)35(32,33)23-14-15-26(34-4)24(28)17-23/h5-15,17,19,25H,16,18H2,1-4H3,(H,29,31)/t25-/m1/s1. The maximum Gasteiger partial charge on any atom is 0.264 e. The van der Waals surface area contributed by atoms with Crippen molar-refractivity contribution in [1.82, 2.24) is 5.32 Å². The van der Waals surface area contributed by atoms with Crippen molar-refractivity contribution >= 4 is 37.5 Å². The van der Waals surface area contributed by atoms with E-state index in [1.165, 1.54) is 19.2 Å². The van der Waals surface area contributed by atoms with E-state index >= 15 is 0 Å². The first-order chi connectivity index (χ1) is 16.6. The highest BCUT2D eigenvalue weighted by molar-refractivity contribution is 9.10. The Hall–Kier alpha value is -2.84. The number of hydrogen-bond acceptors (Lipinski definition) is 4. The Morgan fingerprint density at radius 1 is 1.03 bits per heavy atom. The minimum absolute atomic E-state index is 0.0559. The van der Waals surface area contributed by atoms with E-state index in [1.54, 1.807) is 18.2 Å². The van der Waals surface area contributed by atoms with Gasteiger partial charge in [0.25, 0.3) is 10.0 Å². The van der Waals surface area contributed by atoms with Crippen molar-refractivity contribution in [2.24, 2.45) is 5.92 Å². The summed E-state index contributed by atoms with van der Waals surface area (Å²) in [5, 5.41) is 3.06. The third kappa shape index (κ3) is 6.86. The number of aryl methyl sites for hydroxylation is 1. The van der Waals surface area contributed by atoms with Gasteiger partial charge in [0.1, 0.15) is 12.3 Å². The molecule has 0 aliphatic heterocycles. The molecule has 0 fully saturated rings. The Kier molecular flexibility index (Phi) is 8.97. The number of sulfonamides is 1. The Labute approximate surface area is 216 Å². The van der Waals surface area contributed by atoms with Crippen molar-refractivity contribution in [3.63, 3.8) is 0 Å². The SMILES string of the molecule is COc1ccc(S(=O)(=O)N(CC(=O)N[C@H](CC(C)C)c2ccccc2)c2ccc(C)cc2)cc1Br. The monoisotopic (exact) mass is 558 g/mol. The third-order valence-electron chi connectivity index (χ3n) is 5.56. The molecule has 6 nitrogen and oxygen atoms in total. The Balaban J connectivity index is 1.95. The first-order valence-electron chi connectivity index (χ1n) is 11.4. The van der Waals surface area contributed by atoms with Gasteiger partial charge in [-0.05, 0) is 71.1 Å². The maximum atomic E-state index is 13.7. The molecule has 0 aliphatic carbocycles. The number of nitrogens with one attached hydrogen (secondary N) is 1. The molecule has 0 bridgehead atoms. The summed E-state index contributed by atoms with van der Waals surface area (Å²) >= 11 is 3.36. The van der Waals surface area contributed by atoms with E-state index in [2.05, 4.69) is 35.1 Å². The van der Waals surface area contributed by atoms with Gasteiger partial charge in [-0.1, -0.05) is 61.9 Å². The second-order valence-corrected chi connectivity index (χ2v) is 11.5. The number of carbonyl (C=O) groups excluding carboxylic acids is 1. The molecule has 3 aromatic rings. The van der Waals surface area contributed by atoms with Crippen molar-refractivity contribution < 1.29 is 17.9 Å². The third-order valence-corrected chi connectivity index (χ3v) is 7.95. The smallest absolute Gasteiger partial charge is 0.264 e. The summed E-state index contributed by atoms with van der Waals surface area (Å²) in [6.07, 6.45) is 0.735. The average Bonchev–Trinajstić information content (AvgIpc) is 2.83. The van der Waals surface area contributed by atoms with Crippen LogP contribution >= 0.6 is 15.9 Å². The van der Waals surface area contributed by atoms with Crippen LogP contribution in [0.1, 0.15) is 37.4 Å². The van der Waals surface area contributed by atoms with Gasteiger partial charge in [0.2, 0.25) is 5.91 Å². The number of nitrogens with zero attached hydrogens (tertiary/aromatic N) is 1. The summed E-state index contributed by atoms with van der Waals surface area (Å²) in [5.41, 5.74) is 2.39. The van der Waals surface area contributed by atoms with Crippen LogP contribution in [0.4, 0.5) is 5.69 Å². The molecular weight excluding hydrogens is 528 g/mol. The average molecular weight is 560 g/mol. The van der Waals surface area contributed by atoms with Gasteiger partial charge in [0.15, 0.2) is 0 Å². The van der Waals surface area contributed by atoms with Crippen LogP contribution in [0.25, 0.3) is 0 Å². The summed E-state index contributed by atoms with van der Waals surface area (Å²) < 4.78 is 34.3. The number of carbonyl (C=O) groups is 1. The van der Waals surface area contributed by atoms with Crippen molar-refractivity contribution in [2.45, 2.75) is 38.1 Å². The van der Waals surface area contributed by atoms with Gasteiger partial charge in [0, 0.05) is 0 Å². The van der Waals surface area contributed by atoms with Gasteiger partial charge in [-0.25, -0.2) is 8.42 Å². The van der Waals surface area contributed by atoms with E-state index in [1.807, 2.05) is 49.4 Å². The molecule has 35 heavy (non-hydrogen) atoms. The fraction of sp³-hybridized carbons (Fsp3) is 0.296. The topological polar surface area (TPSA) is 75.7 Å². The highest BCUT2D eigenvalue weighted by Gasteiger charge is 2.29. The van der Waals surface area contributed by atoms with E-state index in [-0.39, 0.29) is 23.4 Å². The molecule has 3 aromatic carbocycles. The predicted molar refractivity (Wildman–Crippen MR) is 143 cm³/mol. The second-order valence-electron chi connectivity index (χ2n) is 8.80. The van der Waals surface area contributed by atoms with Crippen LogP contribution in [0.15, 0.2) is 82.2 Å². The fourth-order valence-electron chi connectivity index (χ4n) is 3.77. The predicted octanol–water partition coefficient (Wildman–Crippen LogP) is 5.87. The zero-order chi connectivity index (χ0) is 25.6. The lowest BCUT2D eigenvalue weighted by molar-refractivity contribution is -0.120. The van der Waals surface area contributed by atoms with Crippen LogP contribution < -0.4 is 14.4 Å². The molecule has 3 rings (SSSR count). The van der Waals surface area contributed by atoms with Gasteiger partial charge in [0.05, 0.1) is 28.2 Å². The van der Waals surface area contributed by atoms with Gasteiger partial charge in [-0.15, -0.1) is 0 Å². The van der Waals surface area contributed by atoms with Crippen LogP contribution in [-0.2, 0) is 14.8 Å². The number of hydrogen-bond donors (Lipinski definition) is 1. The second kappa shape index (κ2) is 11.7. The Morgan fingerprint density at radius 3 is 2.26 bits per heavy atom. The number of rotatable bonds is 10. The number of halogens is 1. The summed E-state index contributed by atoms with van der Waals surface area (Å²) in [7, 11) is -2.53. The van der Waals surface area contributed by atoms with Crippen molar-refractivity contribution in [3.05, 3.63) is 88.4 Å². The zero-order valence-electron chi connectivity index (χ0n) is 20.4. The summed E-state index contributed by atoms with van der Waals surface area (Å²) in [6.45, 7) is 5.75. The first kappa shape index (κ1) is 26.8. The van der Waals surface area contributed by atoms with Crippen LogP contribution in [0, 0.1) is 12.8 Å². The van der Waals surface area contributed by atoms with E-state index in [0.717, 1.165) is 21.9 Å². The quantitative estimate of drug-likeness (QED) is 0.338. The lowest BCUT2D eigenvalue weighted by Crippen LogP contribution is -2.42. The van der Waals surface area contributed by atoms with Gasteiger partial charge in [-0.2, -0.15) is 0 Å². The number of ether oxygens (including phenoxy) is 1. The van der Waals surface area contributed by atoms with Gasteiger partial charge < -0.3 is 10.1 Å². The van der Waals surface area contributed by atoms with E-state index in [0.29, 0.717) is 21.8 Å². The Morgan fingerprint density at radius 2 is 1.69 bits per heavy atom. The van der Waals surface area contributed by atoms with Crippen LogP contribution in [0.2, 0.25) is 0 Å². The molecular formula is C27H31BrN2O4S. The number of methoxy groups -OCH3 is 1. The lowest BCUT2D eigenvalue weighted by Gasteiger charge is -2.27. The zero-order valence-corrected chi connectivity index (χ0v) is 22.8. The van der Waals surface area contributed by atoms with E-state index in [4.69, 9.17) is 4.74 Å². The summed E-state index contributed by atoms with van der Waals surface area (Å²) in [4.78, 5) is 13.3. The minimum atomic E-state index is -4.05. The summed E-state index contributed by atoms with van der Waals surface area (Å²) in [6, 6.07) is 21.1. The van der Waals surface area contributed by atoms with Crippen LogP contribution in [-0.4, -0.2) is 28.0 Å². The van der Waals surface area contributed by atoms with Gasteiger partial charge >= 0.3 is 0 Å². The molecule has 1 N–H and O–H groups in total. The molecule has 0 aliphatic rings.